The first kappa shape index (κ1) is 16.3. The van der Waals surface area contributed by atoms with Crippen molar-refractivity contribution in [2.75, 3.05) is 26.4 Å². The maximum absolute atomic E-state index is 11.8. The van der Waals surface area contributed by atoms with Crippen molar-refractivity contribution in [3.63, 3.8) is 0 Å². The molecule has 1 aromatic carbocycles. The number of nitrogens with one attached hydrogen (secondary N) is 1. The van der Waals surface area contributed by atoms with Crippen LogP contribution in [0, 0.1) is 0 Å². The quantitative estimate of drug-likeness (QED) is 0.628. The maximum Gasteiger partial charge on any atom is 0.261 e. The summed E-state index contributed by atoms with van der Waals surface area (Å²) in [5.41, 5.74) is 5.97. The van der Waals surface area contributed by atoms with E-state index < -0.39 is 18.9 Å². The van der Waals surface area contributed by atoms with Crippen LogP contribution in [0.15, 0.2) is 24.3 Å². The average Bonchev–Trinajstić information content (AvgIpc) is 2.41. The average molecular weight is 288 g/mol. The standard InChI is InChI=1S/C13H18F2N2O3/c14-12(15)8-19-6-5-17-7-10-1-3-11(4-2-10)20-9-13(16)18/h1-4,12,17H,5-9H2,(H2,16,18). The van der Waals surface area contributed by atoms with Crippen molar-refractivity contribution in [2.45, 2.75) is 13.0 Å². The highest BCUT2D eigenvalue weighted by Gasteiger charge is 2.01. The molecule has 0 bridgehead atoms. The number of amides is 1. The van der Waals surface area contributed by atoms with Crippen molar-refractivity contribution in [3.8, 4) is 5.75 Å². The van der Waals surface area contributed by atoms with Gasteiger partial charge in [-0.3, -0.25) is 4.79 Å². The van der Waals surface area contributed by atoms with Gasteiger partial charge in [0.25, 0.3) is 12.3 Å². The Hall–Kier alpha value is -1.73. The van der Waals surface area contributed by atoms with E-state index in [0.29, 0.717) is 18.8 Å². The number of nitrogens with two attached hydrogens (primary N) is 1. The van der Waals surface area contributed by atoms with Crippen LogP contribution >= 0.6 is 0 Å². The lowest BCUT2D eigenvalue weighted by Crippen LogP contribution is -2.21. The van der Waals surface area contributed by atoms with E-state index in [1.165, 1.54) is 0 Å². The minimum atomic E-state index is -2.43. The summed E-state index contributed by atoms with van der Waals surface area (Å²) in [7, 11) is 0. The van der Waals surface area contributed by atoms with Crippen molar-refractivity contribution >= 4 is 5.91 Å². The Bertz CT molecular complexity index is 399. The van der Waals surface area contributed by atoms with Crippen LogP contribution in [0.25, 0.3) is 0 Å². The highest BCUT2D eigenvalue weighted by Crippen LogP contribution is 2.11. The second-order valence-corrected chi connectivity index (χ2v) is 4.04. The molecule has 20 heavy (non-hydrogen) atoms. The van der Waals surface area contributed by atoms with Gasteiger partial charge in [0.15, 0.2) is 6.61 Å². The SMILES string of the molecule is NC(=O)COc1ccc(CNCCOCC(F)F)cc1. The van der Waals surface area contributed by atoms with Crippen LogP contribution in [0.4, 0.5) is 8.78 Å². The Balaban J connectivity index is 2.16. The zero-order valence-corrected chi connectivity index (χ0v) is 11.0. The fourth-order valence-corrected chi connectivity index (χ4v) is 1.41. The summed E-state index contributed by atoms with van der Waals surface area (Å²) >= 11 is 0. The number of hydrogen-bond donors (Lipinski definition) is 2. The van der Waals surface area contributed by atoms with Gasteiger partial charge in [-0.1, -0.05) is 12.1 Å². The lowest BCUT2D eigenvalue weighted by Gasteiger charge is -2.07. The third-order valence-electron chi connectivity index (χ3n) is 2.30. The smallest absolute Gasteiger partial charge is 0.261 e. The fourth-order valence-electron chi connectivity index (χ4n) is 1.41. The lowest BCUT2D eigenvalue weighted by molar-refractivity contribution is -0.119. The summed E-state index contributed by atoms with van der Waals surface area (Å²) in [6.07, 6.45) is -2.43. The van der Waals surface area contributed by atoms with E-state index >= 15 is 0 Å². The molecule has 1 aromatic rings. The van der Waals surface area contributed by atoms with Crippen LogP contribution in [0.5, 0.6) is 5.75 Å². The number of rotatable bonds is 10. The molecule has 5 nitrogen and oxygen atoms in total. The zero-order chi connectivity index (χ0) is 14.8. The van der Waals surface area contributed by atoms with Crippen LogP contribution in [-0.4, -0.2) is 38.7 Å². The van der Waals surface area contributed by atoms with E-state index in [0.717, 1.165) is 5.56 Å². The van der Waals surface area contributed by atoms with Crippen LogP contribution in [0.1, 0.15) is 5.56 Å². The van der Waals surface area contributed by atoms with E-state index in [-0.39, 0.29) is 13.2 Å². The molecule has 0 aliphatic rings. The number of carbonyl (C=O) groups is 1. The summed E-state index contributed by atoms with van der Waals surface area (Å²) in [4.78, 5) is 10.5. The monoisotopic (exact) mass is 288 g/mol. The molecule has 0 aliphatic carbocycles. The van der Waals surface area contributed by atoms with E-state index in [2.05, 4.69) is 5.32 Å². The minimum absolute atomic E-state index is 0.154. The second-order valence-electron chi connectivity index (χ2n) is 4.04. The van der Waals surface area contributed by atoms with Gasteiger partial charge in [0.05, 0.1) is 6.61 Å². The predicted octanol–water partition coefficient (Wildman–Crippen LogP) is 0.922. The van der Waals surface area contributed by atoms with Crippen molar-refractivity contribution in [1.29, 1.82) is 0 Å². The molecule has 1 amide bonds. The first-order chi connectivity index (χ1) is 9.58. The van der Waals surface area contributed by atoms with Gasteiger partial charge in [-0.25, -0.2) is 8.78 Å². The zero-order valence-electron chi connectivity index (χ0n) is 11.0. The molecule has 0 unspecified atom stereocenters. The van der Waals surface area contributed by atoms with E-state index in [4.69, 9.17) is 15.2 Å². The Kier molecular flexibility index (Phi) is 7.52. The highest BCUT2D eigenvalue weighted by molar-refractivity contribution is 5.75. The molecule has 0 aliphatic heterocycles. The van der Waals surface area contributed by atoms with Crippen LogP contribution in [0.2, 0.25) is 0 Å². The maximum atomic E-state index is 11.8. The number of ether oxygens (including phenoxy) is 2. The Morgan fingerprint density at radius 2 is 2.00 bits per heavy atom. The van der Waals surface area contributed by atoms with Gasteiger partial charge in [0.1, 0.15) is 12.4 Å². The molecule has 0 spiro atoms. The summed E-state index contributed by atoms with van der Waals surface area (Å²) in [5.74, 6) is 0.0346. The number of hydrogen-bond acceptors (Lipinski definition) is 4. The predicted molar refractivity (Wildman–Crippen MR) is 69.7 cm³/mol. The molecule has 0 saturated carbocycles. The molecule has 0 saturated heterocycles. The highest BCUT2D eigenvalue weighted by atomic mass is 19.3. The Labute approximate surface area is 116 Å². The largest absolute Gasteiger partial charge is 0.484 e. The Morgan fingerprint density at radius 1 is 1.30 bits per heavy atom. The number of benzene rings is 1. The molecule has 112 valence electrons. The first-order valence-electron chi connectivity index (χ1n) is 6.14. The molecule has 0 atom stereocenters. The molecule has 0 heterocycles. The third kappa shape index (κ3) is 7.65. The van der Waals surface area contributed by atoms with Gasteiger partial charge in [0, 0.05) is 13.1 Å². The summed E-state index contributed by atoms with van der Waals surface area (Å²) < 4.78 is 33.4. The minimum Gasteiger partial charge on any atom is -0.484 e. The van der Waals surface area contributed by atoms with Crippen molar-refractivity contribution < 1.29 is 23.0 Å². The molecule has 1 rings (SSSR count). The van der Waals surface area contributed by atoms with Gasteiger partial charge in [-0.2, -0.15) is 0 Å². The van der Waals surface area contributed by atoms with Crippen molar-refractivity contribution in [3.05, 3.63) is 29.8 Å². The van der Waals surface area contributed by atoms with Crippen LogP contribution in [0.3, 0.4) is 0 Å². The molecule has 0 aromatic heterocycles. The van der Waals surface area contributed by atoms with E-state index in [1.54, 1.807) is 12.1 Å². The van der Waals surface area contributed by atoms with Crippen LogP contribution < -0.4 is 15.8 Å². The van der Waals surface area contributed by atoms with Gasteiger partial charge in [0.2, 0.25) is 0 Å². The molecule has 3 N–H and O–H groups in total. The molecule has 0 fully saturated rings. The van der Waals surface area contributed by atoms with Gasteiger partial charge in [-0.05, 0) is 17.7 Å². The molecule has 7 heteroatoms. The summed E-state index contributed by atoms with van der Waals surface area (Å²) in [6.45, 7) is 0.636. The van der Waals surface area contributed by atoms with Gasteiger partial charge in [-0.15, -0.1) is 0 Å². The van der Waals surface area contributed by atoms with E-state index in [1.807, 2.05) is 12.1 Å². The lowest BCUT2D eigenvalue weighted by atomic mass is 10.2. The Morgan fingerprint density at radius 3 is 2.60 bits per heavy atom. The molecular weight excluding hydrogens is 270 g/mol. The fraction of sp³-hybridized carbons (Fsp3) is 0.462. The van der Waals surface area contributed by atoms with Crippen LogP contribution in [-0.2, 0) is 16.1 Å². The van der Waals surface area contributed by atoms with E-state index in [9.17, 15) is 13.6 Å². The number of primary amides is 1. The number of alkyl halides is 2. The van der Waals surface area contributed by atoms with Gasteiger partial charge >= 0.3 is 0 Å². The topological polar surface area (TPSA) is 73.6 Å². The summed E-state index contributed by atoms with van der Waals surface area (Å²) in [5, 5.41) is 3.06. The molecule has 0 radical (unpaired) electrons. The number of halogens is 2. The first-order valence-corrected chi connectivity index (χ1v) is 6.14. The third-order valence-corrected chi connectivity index (χ3v) is 2.30. The number of carbonyl (C=O) groups excluding carboxylic acids is 1. The van der Waals surface area contributed by atoms with Crippen molar-refractivity contribution in [1.82, 2.24) is 5.32 Å². The molecular formula is C13H18F2N2O3. The summed E-state index contributed by atoms with van der Waals surface area (Å²) in [6, 6.07) is 7.13. The second kappa shape index (κ2) is 9.22. The van der Waals surface area contributed by atoms with Gasteiger partial charge < -0.3 is 20.5 Å². The van der Waals surface area contributed by atoms with Crippen molar-refractivity contribution in [2.24, 2.45) is 5.73 Å². The normalized spacial score (nSPS) is 10.8.